The molecular formula is C25H32N2O5. The summed E-state index contributed by atoms with van der Waals surface area (Å²) in [6.45, 7) is 2.79. The van der Waals surface area contributed by atoms with Gasteiger partial charge in [-0.1, -0.05) is 44.8 Å². The number of Topliss-reactive ketones (excluding diaryl/α,β-unsaturated/α-hetero) is 1. The Morgan fingerprint density at radius 3 is 2.84 bits per heavy atom. The molecule has 172 valence electrons. The van der Waals surface area contributed by atoms with E-state index in [0.717, 1.165) is 25.7 Å². The number of hydrogen-bond acceptors (Lipinski definition) is 6. The van der Waals surface area contributed by atoms with Gasteiger partial charge < -0.3 is 20.3 Å². The fourth-order valence-electron chi connectivity index (χ4n) is 6.61. The number of carbonyl (C=O) groups is 2. The molecule has 7 heteroatoms. The Morgan fingerprint density at radius 1 is 1.28 bits per heavy atom. The van der Waals surface area contributed by atoms with E-state index in [-0.39, 0.29) is 23.2 Å². The van der Waals surface area contributed by atoms with Crippen molar-refractivity contribution < 1.29 is 24.5 Å². The van der Waals surface area contributed by atoms with Gasteiger partial charge in [-0.25, -0.2) is 0 Å². The van der Waals surface area contributed by atoms with Gasteiger partial charge in [-0.05, 0) is 38.6 Å². The lowest BCUT2D eigenvalue weighted by Crippen LogP contribution is -2.81. The standard InChI is InChI=1S/C25H32N2O5/c1-3-4-5-6-7-8-18(30)26-25-12-11-17(29)23-24(25)13-14-27(2)22(25)20(31)15-9-10-16(28)21(32-23)19(15)24/h9-12,17,22-23,28-29H,3-8,13-14H2,1-2H3,(H,26,30)/t17-,22+,23-,24-,25+/m0/s1. The first-order valence-corrected chi connectivity index (χ1v) is 11.8. The molecule has 1 aromatic rings. The molecule has 4 aliphatic rings. The van der Waals surface area contributed by atoms with Gasteiger partial charge in [0.1, 0.15) is 18.2 Å². The average molecular weight is 441 g/mol. The fourth-order valence-corrected chi connectivity index (χ4v) is 6.61. The summed E-state index contributed by atoms with van der Waals surface area (Å²) in [5.41, 5.74) is -0.687. The molecule has 2 aliphatic heterocycles. The van der Waals surface area contributed by atoms with Crippen molar-refractivity contribution in [2.45, 2.75) is 81.1 Å². The number of phenolic OH excluding ortho intramolecular Hbond substituents is 1. The third-order valence-electron chi connectivity index (χ3n) is 8.02. The third kappa shape index (κ3) is 2.67. The number of aliphatic hydroxyl groups is 1. The Hall–Kier alpha value is -2.38. The number of likely N-dealkylation sites (tertiary alicyclic amines) is 1. The highest BCUT2D eigenvalue weighted by atomic mass is 16.5. The third-order valence-corrected chi connectivity index (χ3v) is 8.02. The van der Waals surface area contributed by atoms with Gasteiger partial charge in [0.05, 0.1) is 11.0 Å². The van der Waals surface area contributed by atoms with Crippen molar-refractivity contribution in [1.29, 1.82) is 0 Å². The van der Waals surface area contributed by atoms with Gasteiger partial charge in [0.15, 0.2) is 17.3 Å². The Labute approximate surface area is 188 Å². The fraction of sp³-hybridized carbons (Fsp3) is 0.600. The average Bonchev–Trinajstić information content (AvgIpc) is 3.12. The van der Waals surface area contributed by atoms with Crippen LogP contribution in [0.2, 0.25) is 0 Å². The highest BCUT2D eigenvalue weighted by molar-refractivity contribution is 6.07. The van der Waals surface area contributed by atoms with Gasteiger partial charge in [-0.3, -0.25) is 14.5 Å². The monoisotopic (exact) mass is 440 g/mol. The molecule has 32 heavy (non-hydrogen) atoms. The van der Waals surface area contributed by atoms with Crippen LogP contribution in [0.25, 0.3) is 0 Å². The van der Waals surface area contributed by atoms with E-state index >= 15 is 0 Å². The normalized spacial score (nSPS) is 34.2. The Balaban J connectivity index is 1.59. The van der Waals surface area contributed by atoms with Crippen molar-refractivity contribution in [2.75, 3.05) is 13.6 Å². The van der Waals surface area contributed by atoms with E-state index in [0.29, 0.717) is 30.5 Å². The van der Waals surface area contributed by atoms with Crippen LogP contribution in [0.5, 0.6) is 11.5 Å². The van der Waals surface area contributed by atoms with Crippen LogP contribution in [0.4, 0.5) is 0 Å². The smallest absolute Gasteiger partial charge is 0.220 e. The number of amides is 1. The number of likely N-dealkylation sites (N-methyl/N-ethyl adjacent to an activating group) is 1. The number of aromatic hydroxyl groups is 1. The highest BCUT2D eigenvalue weighted by Gasteiger charge is 2.74. The summed E-state index contributed by atoms with van der Waals surface area (Å²) in [5, 5.41) is 24.7. The summed E-state index contributed by atoms with van der Waals surface area (Å²) >= 11 is 0. The number of aliphatic hydroxyl groups excluding tert-OH is 1. The molecule has 1 aromatic carbocycles. The summed E-state index contributed by atoms with van der Waals surface area (Å²) in [7, 11) is 1.91. The van der Waals surface area contributed by atoms with Crippen LogP contribution in [0.1, 0.15) is 67.8 Å². The zero-order valence-corrected chi connectivity index (χ0v) is 18.8. The van der Waals surface area contributed by atoms with Crippen LogP contribution in [0, 0.1) is 0 Å². The molecule has 1 amide bonds. The zero-order chi connectivity index (χ0) is 22.7. The van der Waals surface area contributed by atoms with E-state index in [2.05, 4.69) is 12.2 Å². The number of carbonyl (C=O) groups excluding carboxylic acids is 2. The molecule has 1 saturated heterocycles. The van der Waals surface area contributed by atoms with E-state index in [4.69, 9.17) is 4.74 Å². The molecule has 1 fully saturated rings. The first-order valence-electron chi connectivity index (χ1n) is 11.8. The number of benzene rings is 1. The van der Waals surface area contributed by atoms with Crippen LogP contribution in [-0.4, -0.2) is 64.2 Å². The minimum Gasteiger partial charge on any atom is -0.504 e. The quantitative estimate of drug-likeness (QED) is 0.445. The molecule has 3 N–H and O–H groups in total. The predicted octanol–water partition coefficient (Wildman–Crippen LogP) is 2.44. The van der Waals surface area contributed by atoms with Crippen molar-refractivity contribution in [3.8, 4) is 11.5 Å². The predicted molar refractivity (Wildman–Crippen MR) is 119 cm³/mol. The molecule has 0 saturated carbocycles. The minimum absolute atomic E-state index is 0.0407. The van der Waals surface area contributed by atoms with Crippen LogP contribution in [0.3, 0.4) is 0 Å². The van der Waals surface area contributed by atoms with Crippen molar-refractivity contribution in [2.24, 2.45) is 0 Å². The second-order valence-corrected chi connectivity index (χ2v) is 9.77. The van der Waals surface area contributed by atoms with E-state index < -0.39 is 29.2 Å². The van der Waals surface area contributed by atoms with Gasteiger partial charge in [-0.2, -0.15) is 0 Å². The van der Waals surface area contributed by atoms with Crippen molar-refractivity contribution in [3.05, 3.63) is 35.4 Å². The highest BCUT2D eigenvalue weighted by Crippen LogP contribution is 2.63. The number of unbranched alkanes of at least 4 members (excludes halogenated alkanes) is 4. The second-order valence-electron chi connectivity index (χ2n) is 9.77. The molecule has 2 heterocycles. The number of phenols is 1. The number of nitrogens with zero attached hydrogens (tertiary/aromatic N) is 1. The number of piperidine rings is 1. The lowest BCUT2D eigenvalue weighted by molar-refractivity contribution is -0.128. The molecule has 1 spiro atoms. The number of nitrogens with one attached hydrogen (secondary N) is 1. The van der Waals surface area contributed by atoms with Gasteiger partial charge >= 0.3 is 0 Å². The zero-order valence-electron chi connectivity index (χ0n) is 18.8. The van der Waals surface area contributed by atoms with Crippen LogP contribution in [0.15, 0.2) is 24.3 Å². The van der Waals surface area contributed by atoms with Crippen LogP contribution >= 0.6 is 0 Å². The number of ketones is 1. The van der Waals surface area contributed by atoms with E-state index in [1.165, 1.54) is 12.5 Å². The van der Waals surface area contributed by atoms with Crippen molar-refractivity contribution >= 4 is 11.7 Å². The first kappa shape index (κ1) is 21.5. The minimum atomic E-state index is -1.03. The van der Waals surface area contributed by atoms with Gasteiger partial charge in [0.25, 0.3) is 0 Å². The molecule has 7 nitrogen and oxygen atoms in total. The Morgan fingerprint density at radius 2 is 2.06 bits per heavy atom. The Kier molecular flexibility index (Phi) is 5.09. The summed E-state index contributed by atoms with van der Waals surface area (Å²) in [6.07, 6.45) is 8.12. The van der Waals surface area contributed by atoms with Gasteiger partial charge in [0, 0.05) is 17.5 Å². The van der Waals surface area contributed by atoms with E-state index in [1.807, 2.05) is 18.0 Å². The Bertz CT molecular complexity index is 991. The summed E-state index contributed by atoms with van der Waals surface area (Å²) in [6, 6.07) is 2.54. The second kappa shape index (κ2) is 7.59. The van der Waals surface area contributed by atoms with Gasteiger partial charge in [-0.15, -0.1) is 0 Å². The van der Waals surface area contributed by atoms with Crippen molar-refractivity contribution in [3.63, 3.8) is 0 Å². The largest absolute Gasteiger partial charge is 0.504 e. The van der Waals surface area contributed by atoms with Crippen LogP contribution in [-0.2, 0) is 10.2 Å². The lowest BCUT2D eigenvalue weighted by Gasteiger charge is -2.62. The summed E-state index contributed by atoms with van der Waals surface area (Å²) in [5.74, 6) is 0.0456. The van der Waals surface area contributed by atoms with E-state index in [1.54, 1.807) is 12.1 Å². The molecule has 5 atom stereocenters. The number of hydrogen-bond donors (Lipinski definition) is 3. The summed E-state index contributed by atoms with van der Waals surface area (Å²) < 4.78 is 6.16. The van der Waals surface area contributed by atoms with Crippen LogP contribution < -0.4 is 10.1 Å². The topological polar surface area (TPSA) is 99.1 Å². The molecular weight excluding hydrogens is 408 g/mol. The lowest BCUT2D eigenvalue weighted by atomic mass is 9.48. The molecule has 0 unspecified atom stereocenters. The molecule has 2 aliphatic carbocycles. The summed E-state index contributed by atoms with van der Waals surface area (Å²) in [4.78, 5) is 28.9. The molecule has 0 aromatic heterocycles. The van der Waals surface area contributed by atoms with Crippen molar-refractivity contribution in [1.82, 2.24) is 10.2 Å². The maximum absolute atomic E-state index is 13.7. The first-order chi connectivity index (χ1) is 15.4. The molecule has 0 radical (unpaired) electrons. The van der Waals surface area contributed by atoms with Gasteiger partial charge in [0.2, 0.25) is 5.91 Å². The number of rotatable bonds is 7. The maximum atomic E-state index is 13.7. The molecule has 2 bridgehead atoms. The SMILES string of the molecule is CCCCCCCC(=O)N[C@@]12C=C[C@H](O)[C@@H]3Oc4c(O)ccc5c4[C@@]31CCN(C)[C@@H]2C5=O. The number of ether oxygens (including phenoxy) is 1. The maximum Gasteiger partial charge on any atom is 0.220 e. The molecule has 5 rings (SSSR count). The van der Waals surface area contributed by atoms with E-state index in [9.17, 15) is 19.8 Å².